The molecule has 140 valence electrons. The van der Waals surface area contributed by atoms with Crippen LogP contribution in [0.5, 0.6) is 17.2 Å². The quantitative estimate of drug-likeness (QED) is 0.451. The molecule has 0 atom stereocenters. The Morgan fingerprint density at radius 3 is 1.82 bits per heavy atom. The van der Waals surface area contributed by atoms with Crippen molar-refractivity contribution in [2.24, 2.45) is 0 Å². The van der Waals surface area contributed by atoms with Crippen molar-refractivity contribution in [3.8, 4) is 17.2 Å². The van der Waals surface area contributed by atoms with Crippen LogP contribution >= 0.6 is 0 Å². The topological polar surface area (TPSA) is 44.8 Å². The lowest BCUT2D eigenvalue weighted by Gasteiger charge is -2.31. The van der Waals surface area contributed by atoms with E-state index < -0.39 is 0 Å². The molecule has 0 N–H and O–H groups in total. The molecule has 3 aromatic carbocycles. The minimum Gasteiger partial charge on any atom is -0.754 e. The number of allylic oxidation sites excluding steroid dienone is 4. The zero-order valence-electron chi connectivity index (χ0n) is 15.3. The lowest BCUT2D eigenvalue weighted by Crippen LogP contribution is -2.06. The van der Waals surface area contributed by atoms with E-state index in [1.54, 1.807) is 36.4 Å². The van der Waals surface area contributed by atoms with Gasteiger partial charge in [-0.15, -0.1) is 0 Å². The summed E-state index contributed by atoms with van der Waals surface area (Å²) in [6.45, 7) is 0. The summed E-state index contributed by atoms with van der Waals surface area (Å²) in [6.07, 6.45) is 7.96. The molecule has 0 radical (unpaired) electrons. The van der Waals surface area contributed by atoms with Gasteiger partial charge in [-0.05, 0) is 73.2 Å². The van der Waals surface area contributed by atoms with Gasteiger partial charge in [0.2, 0.25) is 0 Å². The van der Waals surface area contributed by atoms with E-state index in [0.29, 0.717) is 17.1 Å². The fourth-order valence-electron chi connectivity index (χ4n) is 2.89. The average Bonchev–Trinajstić information content (AvgIpc) is 2.76. The van der Waals surface area contributed by atoms with Crippen molar-refractivity contribution in [1.82, 2.24) is 0 Å². The molecule has 0 fully saturated rings. The van der Waals surface area contributed by atoms with Crippen LogP contribution in [0.3, 0.4) is 0 Å². The highest BCUT2D eigenvalue weighted by molar-refractivity contribution is 5.65. The molecule has 0 heterocycles. The first kappa shape index (κ1) is 17.9. The first-order valence-corrected chi connectivity index (χ1v) is 9.22. The van der Waals surface area contributed by atoms with Gasteiger partial charge in [-0.3, -0.25) is 0 Å². The van der Waals surface area contributed by atoms with Crippen molar-refractivity contribution < 1.29 is 9.47 Å². The van der Waals surface area contributed by atoms with E-state index in [0.717, 1.165) is 35.2 Å². The van der Waals surface area contributed by atoms with Gasteiger partial charge in [-0.25, -0.2) is 0 Å². The molecule has 0 unspecified atom stereocenters. The third-order valence-corrected chi connectivity index (χ3v) is 4.35. The first-order valence-electron chi connectivity index (χ1n) is 9.22. The van der Waals surface area contributed by atoms with E-state index in [4.69, 9.17) is 9.47 Å². The molecule has 3 aromatic rings. The number of benzene rings is 3. The van der Waals surface area contributed by atoms with Gasteiger partial charge < -0.3 is 19.7 Å². The van der Waals surface area contributed by atoms with E-state index in [-0.39, 0.29) is 0 Å². The van der Waals surface area contributed by atoms with Crippen LogP contribution in [-0.4, -0.2) is 0 Å². The number of rotatable bonds is 6. The van der Waals surface area contributed by atoms with Gasteiger partial charge in [0.1, 0.15) is 23.0 Å². The average molecular weight is 370 g/mol. The summed E-state index contributed by atoms with van der Waals surface area (Å²) >= 11 is 0. The van der Waals surface area contributed by atoms with Gasteiger partial charge in [0.05, 0.1) is 0 Å². The predicted octanol–water partition coefficient (Wildman–Crippen LogP) is 6.73. The summed E-state index contributed by atoms with van der Waals surface area (Å²) in [4.78, 5) is 0. The molecule has 0 amide bonds. The number of ether oxygens (including phenoxy) is 2. The van der Waals surface area contributed by atoms with Crippen molar-refractivity contribution in [2.45, 2.75) is 12.8 Å². The Bertz CT molecular complexity index is 961. The number of para-hydroxylation sites is 1. The van der Waals surface area contributed by atoms with Crippen molar-refractivity contribution in [2.75, 3.05) is 5.06 Å². The molecule has 4 rings (SSSR count). The Morgan fingerprint density at radius 1 is 0.679 bits per heavy atom. The van der Waals surface area contributed by atoms with Crippen molar-refractivity contribution in [3.05, 3.63) is 108 Å². The number of anilines is 2. The monoisotopic (exact) mass is 370 g/mol. The molecule has 0 aromatic heterocycles. The normalized spacial score (nSPS) is 13.0. The molecule has 0 spiro atoms. The molecule has 0 bridgehead atoms. The number of nitrogens with zero attached hydrogens (tertiary/aromatic N) is 1. The van der Waals surface area contributed by atoms with Gasteiger partial charge in [0, 0.05) is 17.8 Å². The SMILES string of the molecule is [O-]N(c1ccc(OC2=CC=CCC2)cc1)c1ccc(Oc2ccccc2)cc1. The fraction of sp³-hybridized carbons (Fsp3) is 0.0833. The van der Waals surface area contributed by atoms with Crippen LogP contribution in [0.1, 0.15) is 12.8 Å². The Balaban J connectivity index is 1.41. The van der Waals surface area contributed by atoms with Crippen molar-refractivity contribution in [3.63, 3.8) is 0 Å². The second kappa shape index (κ2) is 8.46. The van der Waals surface area contributed by atoms with Gasteiger partial charge in [0.25, 0.3) is 0 Å². The maximum Gasteiger partial charge on any atom is 0.127 e. The van der Waals surface area contributed by atoms with Crippen LogP contribution in [0.15, 0.2) is 103 Å². The zero-order valence-corrected chi connectivity index (χ0v) is 15.3. The van der Waals surface area contributed by atoms with Crippen molar-refractivity contribution in [1.29, 1.82) is 0 Å². The summed E-state index contributed by atoms with van der Waals surface area (Å²) in [6, 6.07) is 23.7. The summed E-state index contributed by atoms with van der Waals surface area (Å²) in [5, 5.41) is 13.5. The van der Waals surface area contributed by atoms with E-state index in [1.807, 2.05) is 54.6 Å². The Labute approximate surface area is 164 Å². The van der Waals surface area contributed by atoms with Crippen LogP contribution in [-0.2, 0) is 0 Å². The van der Waals surface area contributed by atoms with E-state index in [9.17, 15) is 5.21 Å². The lowest BCUT2D eigenvalue weighted by atomic mass is 10.1. The summed E-state index contributed by atoms with van der Waals surface area (Å²) in [7, 11) is 0. The zero-order chi connectivity index (χ0) is 19.2. The predicted molar refractivity (Wildman–Crippen MR) is 112 cm³/mol. The standard InChI is InChI=1S/C24H20NO3/c26-25(19-11-15-23(16-12-19)27-21-7-3-1-4-8-21)20-13-17-24(18-14-20)28-22-9-5-2-6-10-22/h1-5,7-9,11-18H,6,10H2/q-1. The maximum absolute atomic E-state index is 12.6. The largest absolute Gasteiger partial charge is 0.754 e. The van der Waals surface area contributed by atoms with Crippen LogP contribution in [0, 0.1) is 5.21 Å². The Morgan fingerprint density at radius 2 is 1.25 bits per heavy atom. The third kappa shape index (κ3) is 4.42. The summed E-state index contributed by atoms with van der Waals surface area (Å²) in [5.41, 5.74) is 1.08. The van der Waals surface area contributed by atoms with Crippen LogP contribution in [0.25, 0.3) is 0 Å². The summed E-state index contributed by atoms with van der Waals surface area (Å²) in [5.74, 6) is 3.10. The highest BCUT2D eigenvalue weighted by atomic mass is 16.5. The third-order valence-electron chi connectivity index (χ3n) is 4.35. The number of hydrogen-bond acceptors (Lipinski definition) is 4. The highest BCUT2D eigenvalue weighted by Crippen LogP contribution is 2.30. The molecule has 1 aliphatic rings. The maximum atomic E-state index is 12.6. The van der Waals surface area contributed by atoms with Crippen LogP contribution in [0.2, 0.25) is 0 Å². The fourth-order valence-corrected chi connectivity index (χ4v) is 2.89. The molecule has 28 heavy (non-hydrogen) atoms. The molecule has 1 aliphatic carbocycles. The minimum atomic E-state index is 0.536. The molecule has 0 saturated carbocycles. The molecule has 0 saturated heterocycles. The first-order chi connectivity index (χ1) is 13.8. The molecule has 4 heteroatoms. The Kier molecular flexibility index (Phi) is 5.41. The van der Waals surface area contributed by atoms with Crippen LogP contribution in [0.4, 0.5) is 11.4 Å². The van der Waals surface area contributed by atoms with E-state index in [2.05, 4.69) is 6.08 Å². The summed E-state index contributed by atoms with van der Waals surface area (Å²) < 4.78 is 11.6. The van der Waals surface area contributed by atoms with E-state index >= 15 is 0 Å². The highest BCUT2D eigenvalue weighted by Gasteiger charge is 2.05. The van der Waals surface area contributed by atoms with E-state index in [1.165, 1.54) is 0 Å². The Hall–Kier alpha value is -3.50. The second-order valence-electron chi connectivity index (χ2n) is 6.40. The smallest absolute Gasteiger partial charge is 0.127 e. The molecule has 4 nitrogen and oxygen atoms in total. The second-order valence-corrected chi connectivity index (χ2v) is 6.40. The van der Waals surface area contributed by atoms with Gasteiger partial charge in [-0.2, -0.15) is 0 Å². The number of hydrogen-bond donors (Lipinski definition) is 0. The molecular formula is C24H20NO3-. The lowest BCUT2D eigenvalue weighted by molar-refractivity contribution is 0.403. The van der Waals surface area contributed by atoms with Gasteiger partial charge in [-0.1, -0.05) is 30.4 Å². The molecule has 0 aliphatic heterocycles. The minimum absolute atomic E-state index is 0.536. The van der Waals surface area contributed by atoms with Crippen LogP contribution < -0.4 is 14.5 Å². The van der Waals surface area contributed by atoms with Gasteiger partial charge in [0.15, 0.2) is 0 Å². The van der Waals surface area contributed by atoms with Crippen molar-refractivity contribution >= 4 is 11.4 Å². The molecular weight excluding hydrogens is 350 g/mol. The van der Waals surface area contributed by atoms with Gasteiger partial charge >= 0.3 is 0 Å².